The normalized spacial score (nSPS) is 10.8. The summed E-state index contributed by atoms with van der Waals surface area (Å²) >= 11 is 0. The van der Waals surface area contributed by atoms with Crippen molar-refractivity contribution >= 4 is 17.3 Å². The predicted molar refractivity (Wildman–Crippen MR) is 105 cm³/mol. The lowest BCUT2D eigenvalue weighted by molar-refractivity contribution is 0.0941. The first-order valence-corrected chi connectivity index (χ1v) is 9.38. The Bertz CT molecular complexity index is 983. The molecule has 0 fully saturated rings. The fourth-order valence-corrected chi connectivity index (χ4v) is 2.92. The number of amides is 2. The molecule has 0 unspecified atom stereocenters. The third kappa shape index (κ3) is 4.36. The predicted octanol–water partition coefficient (Wildman–Crippen LogP) is 3.32. The number of pyridine rings is 1. The van der Waals surface area contributed by atoms with Gasteiger partial charge in [0.1, 0.15) is 5.82 Å². The molecule has 28 heavy (non-hydrogen) atoms. The van der Waals surface area contributed by atoms with Crippen LogP contribution in [0, 0.1) is 5.82 Å². The van der Waals surface area contributed by atoms with Crippen molar-refractivity contribution in [3.05, 3.63) is 71.6 Å². The quantitative estimate of drug-likeness (QED) is 0.587. The van der Waals surface area contributed by atoms with Crippen LogP contribution in [0.4, 0.5) is 4.39 Å². The standard InChI is InChI=1S/C21H23FN4O2/c1-2-3-7-12-23-21(28)19-25-18(17-11-6-8-13-26(17)19)20(27)24-14-15-9-4-5-10-16(15)22/h4-6,8-11,13H,2-3,7,12,14H2,1H3,(H,23,28)(H,24,27). The highest BCUT2D eigenvalue weighted by atomic mass is 19.1. The van der Waals surface area contributed by atoms with Gasteiger partial charge in [0.15, 0.2) is 5.69 Å². The zero-order chi connectivity index (χ0) is 19.9. The Balaban J connectivity index is 1.78. The summed E-state index contributed by atoms with van der Waals surface area (Å²) in [6, 6.07) is 11.5. The Hall–Kier alpha value is -3.22. The van der Waals surface area contributed by atoms with E-state index >= 15 is 0 Å². The van der Waals surface area contributed by atoms with Crippen LogP contribution in [0.5, 0.6) is 0 Å². The van der Waals surface area contributed by atoms with E-state index < -0.39 is 5.91 Å². The number of nitrogens with one attached hydrogen (secondary N) is 2. The van der Waals surface area contributed by atoms with Gasteiger partial charge in [0.05, 0.1) is 5.52 Å². The Morgan fingerprint density at radius 2 is 1.82 bits per heavy atom. The van der Waals surface area contributed by atoms with E-state index in [9.17, 15) is 14.0 Å². The van der Waals surface area contributed by atoms with Crippen LogP contribution in [0.3, 0.4) is 0 Å². The van der Waals surface area contributed by atoms with Gasteiger partial charge in [-0.3, -0.25) is 14.0 Å². The third-order valence-electron chi connectivity index (χ3n) is 4.43. The molecule has 0 spiro atoms. The fraction of sp³-hybridized carbons (Fsp3) is 0.286. The Labute approximate surface area is 162 Å². The molecular weight excluding hydrogens is 359 g/mol. The van der Waals surface area contributed by atoms with Gasteiger partial charge in [-0.05, 0) is 24.6 Å². The topological polar surface area (TPSA) is 75.5 Å². The van der Waals surface area contributed by atoms with E-state index in [1.807, 2.05) is 0 Å². The highest BCUT2D eigenvalue weighted by molar-refractivity contribution is 6.02. The summed E-state index contributed by atoms with van der Waals surface area (Å²) in [5, 5.41) is 5.51. The third-order valence-corrected chi connectivity index (χ3v) is 4.43. The first-order valence-electron chi connectivity index (χ1n) is 9.38. The lowest BCUT2D eigenvalue weighted by atomic mass is 10.2. The first-order chi connectivity index (χ1) is 13.6. The number of fused-ring (bicyclic) bond motifs is 1. The molecule has 0 aliphatic heterocycles. The molecule has 0 saturated carbocycles. The molecule has 0 saturated heterocycles. The second-order valence-corrected chi connectivity index (χ2v) is 6.48. The number of aromatic nitrogens is 2. The Kier molecular flexibility index (Phi) is 6.37. The van der Waals surface area contributed by atoms with Gasteiger partial charge in [-0.1, -0.05) is 44.0 Å². The number of hydrogen-bond donors (Lipinski definition) is 2. The van der Waals surface area contributed by atoms with Crippen molar-refractivity contribution in [2.75, 3.05) is 6.54 Å². The van der Waals surface area contributed by atoms with Crippen LogP contribution in [0.25, 0.3) is 5.52 Å². The summed E-state index contributed by atoms with van der Waals surface area (Å²) in [5.74, 6) is -1.02. The van der Waals surface area contributed by atoms with Crippen molar-refractivity contribution in [3.8, 4) is 0 Å². The van der Waals surface area contributed by atoms with Gasteiger partial charge in [-0.15, -0.1) is 0 Å². The SMILES string of the molecule is CCCCCNC(=O)c1nc(C(=O)NCc2ccccc2F)c2ccccn12. The fourth-order valence-electron chi connectivity index (χ4n) is 2.92. The minimum atomic E-state index is -0.461. The van der Waals surface area contributed by atoms with E-state index in [-0.39, 0.29) is 29.8 Å². The molecule has 3 aromatic rings. The molecule has 2 heterocycles. The van der Waals surface area contributed by atoms with Crippen LogP contribution in [0.15, 0.2) is 48.7 Å². The number of imidazole rings is 1. The van der Waals surface area contributed by atoms with E-state index in [2.05, 4.69) is 22.5 Å². The molecule has 0 atom stereocenters. The maximum Gasteiger partial charge on any atom is 0.287 e. The molecule has 146 valence electrons. The number of carbonyl (C=O) groups excluding carboxylic acids is 2. The number of hydrogen-bond acceptors (Lipinski definition) is 3. The molecule has 2 N–H and O–H groups in total. The lowest BCUT2D eigenvalue weighted by Gasteiger charge is -2.05. The number of benzene rings is 1. The summed E-state index contributed by atoms with van der Waals surface area (Å²) in [6.45, 7) is 2.69. The first kappa shape index (κ1) is 19.5. The second kappa shape index (κ2) is 9.12. The van der Waals surface area contributed by atoms with Crippen molar-refractivity contribution in [2.24, 2.45) is 0 Å². The smallest absolute Gasteiger partial charge is 0.287 e. The zero-order valence-electron chi connectivity index (χ0n) is 15.7. The maximum absolute atomic E-state index is 13.8. The number of unbranched alkanes of at least 4 members (excludes halogenated alkanes) is 2. The van der Waals surface area contributed by atoms with E-state index in [1.54, 1.807) is 47.0 Å². The van der Waals surface area contributed by atoms with Gasteiger partial charge in [0.2, 0.25) is 5.82 Å². The highest BCUT2D eigenvalue weighted by Gasteiger charge is 2.21. The summed E-state index contributed by atoms with van der Waals surface area (Å²) in [4.78, 5) is 29.4. The van der Waals surface area contributed by atoms with E-state index in [1.165, 1.54) is 6.07 Å². The van der Waals surface area contributed by atoms with Crippen molar-refractivity contribution in [2.45, 2.75) is 32.7 Å². The zero-order valence-corrected chi connectivity index (χ0v) is 15.7. The Morgan fingerprint density at radius 3 is 2.61 bits per heavy atom. The van der Waals surface area contributed by atoms with Crippen LogP contribution >= 0.6 is 0 Å². The van der Waals surface area contributed by atoms with Crippen LogP contribution < -0.4 is 10.6 Å². The average molecular weight is 382 g/mol. The Morgan fingerprint density at radius 1 is 1.04 bits per heavy atom. The summed E-state index contributed by atoms with van der Waals surface area (Å²) in [6.07, 6.45) is 4.68. The van der Waals surface area contributed by atoms with Gasteiger partial charge in [0.25, 0.3) is 11.8 Å². The lowest BCUT2D eigenvalue weighted by Crippen LogP contribution is -2.27. The molecule has 0 radical (unpaired) electrons. The molecule has 3 rings (SSSR count). The molecule has 2 aromatic heterocycles. The molecule has 0 aliphatic rings. The number of carbonyl (C=O) groups is 2. The molecular formula is C21H23FN4O2. The van der Waals surface area contributed by atoms with E-state index in [0.29, 0.717) is 17.6 Å². The van der Waals surface area contributed by atoms with Gasteiger partial charge in [-0.2, -0.15) is 0 Å². The second-order valence-electron chi connectivity index (χ2n) is 6.48. The number of halogens is 1. The minimum absolute atomic E-state index is 0.0376. The largest absolute Gasteiger partial charge is 0.349 e. The van der Waals surface area contributed by atoms with Crippen LogP contribution in [-0.2, 0) is 6.54 Å². The van der Waals surface area contributed by atoms with Crippen molar-refractivity contribution in [3.63, 3.8) is 0 Å². The van der Waals surface area contributed by atoms with Crippen molar-refractivity contribution < 1.29 is 14.0 Å². The summed E-state index contributed by atoms with van der Waals surface area (Å²) in [7, 11) is 0. The van der Waals surface area contributed by atoms with E-state index in [4.69, 9.17) is 0 Å². The highest BCUT2D eigenvalue weighted by Crippen LogP contribution is 2.14. The van der Waals surface area contributed by atoms with Crippen molar-refractivity contribution in [1.82, 2.24) is 20.0 Å². The van der Waals surface area contributed by atoms with Crippen LogP contribution in [0.2, 0.25) is 0 Å². The van der Waals surface area contributed by atoms with Crippen LogP contribution in [-0.4, -0.2) is 27.7 Å². The number of nitrogens with zero attached hydrogens (tertiary/aromatic N) is 2. The van der Waals surface area contributed by atoms with Crippen molar-refractivity contribution in [1.29, 1.82) is 0 Å². The molecule has 1 aromatic carbocycles. The van der Waals surface area contributed by atoms with Gasteiger partial charge in [-0.25, -0.2) is 9.37 Å². The van der Waals surface area contributed by atoms with E-state index in [0.717, 1.165) is 19.3 Å². The van der Waals surface area contributed by atoms with Gasteiger partial charge in [0, 0.05) is 24.8 Å². The van der Waals surface area contributed by atoms with Crippen LogP contribution in [0.1, 0.15) is 52.9 Å². The molecule has 0 aliphatic carbocycles. The minimum Gasteiger partial charge on any atom is -0.349 e. The summed E-state index contributed by atoms with van der Waals surface area (Å²) in [5.41, 5.74) is 1.04. The molecule has 7 heteroatoms. The molecule has 2 amide bonds. The summed E-state index contributed by atoms with van der Waals surface area (Å²) < 4.78 is 15.3. The number of rotatable bonds is 8. The van der Waals surface area contributed by atoms with Gasteiger partial charge < -0.3 is 10.6 Å². The average Bonchev–Trinajstić information content (AvgIpc) is 3.10. The molecule has 6 nitrogen and oxygen atoms in total. The van der Waals surface area contributed by atoms with Gasteiger partial charge >= 0.3 is 0 Å². The monoisotopic (exact) mass is 382 g/mol. The maximum atomic E-state index is 13.8. The molecule has 0 bridgehead atoms.